The minimum Gasteiger partial charge on any atom is -0.462 e. The third kappa shape index (κ3) is 11.0. The Kier molecular flexibility index (Phi) is 13.8. The highest BCUT2D eigenvalue weighted by Crippen LogP contribution is 2.48. The second-order valence-electron chi connectivity index (χ2n) is 20.5. The number of sulfonamides is 1. The lowest BCUT2D eigenvalue weighted by Crippen LogP contribution is -2.49. The van der Waals surface area contributed by atoms with E-state index >= 15 is 0 Å². The van der Waals surface area contributed by atoms with Crippen LogP contribution < -0.4 is 24.6 Å². The number of nitro groups is 1. The molecule has 5 heterocycles. The molecule has 20 heteroatoms. The molecule has 3 aliphatic heterocycles. The number of nitrogens with one attached hydrogen (secondary N) is 3. The number of amides is 1. The number of nitro benzene ring substituents is 1. The molecule has 2 aromatic heterocycles. The van der Waals surface area contributed by atoms with Crippen LogP contribution in [0.2, 0.25) is 5.02 Å². The number of fused-ring (bicyclic) bond motifs is 2. The Balaban J connectivity index is 1.05. The lowest BCUT2D eigenvalue weighted by molar-refractivity contribution is -0.384. The van der Waals surface area contributed by atoms with E-state index in [1.807, 2.05) is 12.1 Å². The van der Waals surface area contributed by atoms with Crippen molar-refractivity contribution in [3.05, 3.63) is 111 Å². The van der Waals surface area contributed by atoms with E-state index in [0.29, 0.717) is 62.0 Å². The van der Waals surface area contributed by atoms with Gasteiger partial charge in [-0.1, -0.05) is 57.0 Å². The largest absolute Gasteiger partial charge is 0.462 e. The van der Waals surface area contributed by atoms with Crippen molar-refractivity contribution in [1.29, 1.82) is 0 Å². The molecule has 3 N–H and O–H groups in total. The molecule has 15 nitrogen and oxygen atoms in total. The number of hydrogen-bond acceptors (Lipinski definition) is 12. The van der Waals surface area contributed by atoms with Crippen molar-refractivity contribution < 1.29 is 40.8 Å². The summed E-state index contributed by atoms with van der Waals surface area (Å²) < 4.78 is 86.3. The highest BCUT2D eigenvalue weighted by atomic mass is 35.5. The van der Waals surface area contributed by atoms with E-state index in [4.69, 9.17) is 21.1 Å². The van der Waals surface area contributed by atoms with Gasteiger partial charge in [0, 0.05) is 92.8 Å². The molecule has 71 heavy (non-hydrogen) atoms. The molecule has 1 amide bonds. The molecule has 5 aromatic rings. The monoisotopic (exact) mass is 1020 g/mol. The number of benzene rings is 3. The summed E-state index contributed by atoms with van der Waals surface area (Å²) in [7, 11) is -4.76. The van der Waals surface area contributed by atoms with Gasteiger partial charge in [0.1, 0.15) is 17.0 Å². The minimum atomic E-state index is -4.82. The molecule has 1 unspecified atom stereocenters. The number of aromatic amines is 1. The van der Waals surface area contributed by atoms with Crippen molar-refractivity contribution in [3.63, 3.8) is 0 Å². The van der Waals surface area contributed by atoms with Gasteiger partial charge in [-0.3, -0.25) is 19.8 Å². The number of hydrogen-bond donors (Lipinski definition) is 3. The zero-order valence-electron chi connectivity index (χ0n) is 40.1. The molecular formula is C51H58ClF3N8O7S. The van der Waals surface area contributed by atoms with E-state index in [0.717, 1.165) is 44.7 Å². The molecule has 1 aliphatic carbocycles. The van der Waals surface area contributed by atoms with Crippen LogP contribution in [0.15, 0.2) is 89.5 Å². The summed E-state index contributed by atoms with van der Waals surface area (Å²) in [5, 5.41) is 16.6. The number of allylic oxidation sites excluding steroid dienone is 1. The highest BCUT2D eigenvalue weighted by Gasteiger charge is 2.54. The first kappa shape index (κ1) is 50.1. The van der Waals surface area contributed by atoms with Crippen LogP contribution in [0.4, 0.5) is 41.6 Å². The first-order chi connectivity index (χ1) is 33.6. The predicted molar refractivity (Wildman–Crippen MR) is 268 cm³/mol. The van der Waals surface area contributed by atoms with Crippen molar-refractivity contribution in [3.8, 4) is 5.88 Å². The van der Waals surface area contributed by atoms with Crippen LogP contribution in [0.5, 0.6) is 5.88 Å². The van der Waals surface area contributed by atoms with Gasteiger partial charge in [-0.25, -0.2) is 13.1 Å². The van der Waals surface area contributed by atoms with Crippen molar-refractivity contribution >= 4 is 72.6 Å². The third-order valence-corrected chi connectivity index (χ3v) is 15.8. The van der Waals surface area contributed by atoms with Crippen molar-refractivity contribution in [1.82, 2.24) is 19.6 Å². The van der Waals surface area contributed by atoms with Gasteiger partial charge in [-0.2, -0.15) is 18.2 Å². The van der Waals surface area contributed by atoms with Crippen LogP contribution in [0, 0.1) is 26.9 Å². The lowest BCUT2D eigenvalue weighted by atomic mass is 9.72. The molecule has 0 bridgehead atoms. The summed E-state index contributed by atoms with van der Waals surface area (Å²) in [6, 6.07) is 19.6. The Morgan fingerprint density at radius 2 is 1.70 bits per heavy atom. The summed E-state index contributed by atoms with van der Waals surface area (Å²) in [6.07, 6.45) is -1.01. The molecule has 2 saturated heterocycles. The average Bonchev–Trinajstić information content (AvgIpc) is 3.75. The molecule has 4 aliphatic rings. The Bertz CT molecular complexity index is 2970. The zero-order chi connectivity index (χ0) is 50.5. The first-order valence-electron chi connectivity index (χ1n) is 23.9. The fourth-order valence-electron chi connectivity index (χ4n) is 10.3. The van der Waals surface area contributed by atoms with Gasteiger partial charge in [0.15, 0.2) is 0 Å². The minimum absolute atomic E-state index is 0.108. The fraction of sp³-hybridized carbons (Fsp3) is 0.451. The number of halogens is 4. The van der Waals surface area contributed by atoms with Crippen molar-refractivity contribution in [2.45, 2.75) is 77.0 Å². The van der Waals surface area contributed by atoms with E-state index in [-0.39, 0.29) is 52.0 Å². The number of alkyl halides is 3. The Morgan fingerprint density at radius 1 is 0.972 bits per heavy atom. The predicted octanol–water partition coefficient (Wildman–Crippen LogP) is 10.4. The number of carbonyl (C=O) groups excluding carboxylic acids is 1. The maximum atomic E-state index is 14.9. The van der Waals surface area contributed by atoms with Crippen LogP contribution in [-0.2, 0) is 14.8 Å². The van der Waals surface area contributed by atoms with Gasteiger partial charge >= 0.3 is 6.18 Å². The molecule has 378 valence electrons. The number of rotatable bonds is 12. The second kappa shape index (κ2) is 19.6. The van der Waals surface area contributed by atoms with E-state index < -0.39 is 49.1 Å². The summed E-state index contributed by atoms with van der Waals surface area (Å²) in [5.41, 5.74) is 3.05. The van der Waals surface area contributed by atoms with Crippen molar-refractivity contribution in [2.24, 2.45) is 16.7 Å². The number of aromatic nitrogens is 2. The first-order valence-corrected chi connectivity index (χ1v) is 25.7. The zero-order valence-corrected chi connectivity index (χ0v) is 41.6. The van der Waals surface area contributed by atoms with Crippen LogP contribution in [0.3, 0.4) is 0 Å². The molecule has 1 atom stereocenters. The molecule has 2 fully saturated rings. The maximum absolute atomic E-state index is 14.9. The molecule has 9 rings (SSSR count). The third-order valence-electron chi connectivity index (χ3n) is 14.2. The molecule has 0 saturated carbocycles. The number of piperazine rings is 1. The standard InChI is InChI=1S/C51H58ClF3N8O7S/c1-49(2)17-13-35(40(28-49)33-5-7-36(52)8-6-33)30-60-19-21-61(22-20-60)37-9-11-39(46(64)59-71(67,68)38-10-12-41(43(27-38)63(65)66)57-29-32-15-23-69-24-16-32)42(26-37)62-31-50(3,4)48(51(53,54)55)70-47-44(62)25-34-14-18-56-45(34)58-47/h5-12,14,18,25-27,32,48,57H,13,15-17,19-24,28-31H2,1-4H3,(H,56,58)(H,59,64). The summed E-state index contributed by atoms with van der Waals surface area (Å²) >= 11 is 6.26. The van der Waals surface area contributed by atoms with Gasteiger partial charge in [-0.15, -0.1) is 0 Å². The highest BCUT2D eigenvalue weighted by molar-refractivity contribution is 7.90. The maximum Gasteiger partial charge on any atom is 0.426 e. The average molecular weight is 1020 g/mol. The number of nitrogens with zero attached hydrogens (tertiary/aromatic N) is 5. The van der Waals surface area contributed by atoms with Gasteiger partial charge in [0.05, 0.1) is 21.1 Å². The quantitative estimate of drug-likeness (QED) is 0.0798. The number of anilines is 4. The lowest BCUT2D eigenvalue weighted by Gasteiger charge is -2.40. The fourth-order valence-corrected chi connectivity index (χ4v) is 11.4. The van der Waals surface area contributed by atoms with E-state index in [9.17, 15) is 36.5 Å². The summed E-state index contributed by atoms with van der Waals surface area (Å²) in [5.74, 6) is -1.23. The van der Waals surface area contributed by atoms with E-state index in [2.05, 4.69) is 55.8 Å². The SMILES string of the molecule is CC1(C)CCC(CN2CCN(c3ccc(C(=O)NS(=O)(=O)c4ccc(NCC5CCOCC5)c([N+](=O)[O-])c4)c(N4CC(C)(C)C(C(F)(F)F)Oc5nc6[nH]ccc6cc54)c3)CC2)=C(c2ccc(Cl)cc2)C1. The number of pyridine rings is 1. The normalized spacial score (nSPS) is 20.0. The van der Waals surface area contributed by atoms with Gasteiger partial charge in [0.25, 0.3) is 21.6 Å². The molecule has 0 radical (unpaired) electrons. The Hall–Kier alpha value is -5.89. The smallest absolute Gasteiger partial charge is 0.426 e. The van der Waals surface area contributed by atoms with Crippen LogP contribution in [0.25, 0.3) is 16.6 Å². The van der Waals surface area contributed by atoms with E-state index in [1.165, 1.54) is 48.8 Å². The van der Waals surface area contributed by atoms with Crippen LogP contribution in [0.1, 0.15) is 75.7 Å². The number of H-pyrrole nitrogens is 1. The van der Waals surface area contributed by atoms with Crippen LogP contribution >= 0.6 is 11.6 Å². The van der Waals surface area contributed by atoms with Crippen molar-refractivity contribution in [2.75, 3.05) is 74.1 Å². The van der Waals surface area contributed by atoms with Crippen LogP contribution in [-0.4, -0.2) is 105 Å². The summed E-state index contributed by atoms with van der Waals surface area (Å²) in [4.78, 5) is 39.1. The van der Waals surface area contributed by atoms with Gasteiger partial charge < -0.3 is 29.6 Å². The summed E-state index contributed by atoms with van der Waals surface area (Å²) in [6.45, 7) is 12.0. The van der Waals surface area contributed by atoms with Gasteiger partial charge in [0.2, 0.25) is 12.0 Å². The molecule has 3 aromatic carbocycles. The topological polar surface area (TPSA) is 175 Å². The number of ether oxygens (including phenoxy) is 2. The van der Waals surface area contributed by atoms with E-state index in [1.54, 1.807) is 35.4 Å². The molecule has 0 spiro atoms. The van der Waals surface area contributed by atoms with Gasteiger partial charge in [-0.05, 0) is 109 Å². The Labute approximate surface area is 415 Å². The second-order valence-corrected chi connectivity index (χ2v) is 22.7. The Morgan fingerprint density at radius 3 is 2.41 bits per heavy atom. The molecular weight excluding hydrogens is 961 g/mol. The number of carbonyl (C=O) groups is 1.